The molecule has 1 aromatic carbocycles. The Bertz CT molecular complexity index is 1620. The summed E-state index contributed by atoms with van der Waals surface area (Å²) < 4.78 is 15.0. The Kier molecular flexibility index (Phi) is 6.19. The van der Waals surface area contributed by atoms with Gasteiger partial charge in [-0.25, -0.2) is 19.3 Å². The molecule has 5 heterocycles. The third-order valence-electron chi connectivity index (χ3n) is 6.47. The molecule has 0 saturated carbocycles. The predicted molar refractivity (Wildman–Crippen MR) is 145 cm³/mol. The monoisotopic (exact) mass is 534 g/mol. The molecule has 1 fully saturated rings. The molecule has 1 saturated heterocycles. The molecule has 0 bridgehead atoms. The van der Waals surface area contributed by atoms with Gasteiger partial charge in [-0.3, -0.25) is 9.97 Å². The van der Waals surface area contributed by atoms with Gasteiger partial charge in [0.25, 0.3) is 0 Å². The summed E-state index contributed by atoms with van der Waals surface area (Å²) in [6.45, 7) is 3.39. The van der Waals surface area contributed by atoms with Crippen LogP contribution in [-0.4, -0.2) is 63.0 Å². The maximum Gasteiger partial charge on any atom is 0.227 e. The van der Waals surface area contributed by atoms with Crippen molar-refractivity contribution in [2.45, 2.75) is 0 Å². The molecule has 8 nitrogen and oxygen atoms in total. The SMILES string of the molecule is CN1CCN(c2ccc(Nc3ncc4nc(-c5c(Cl)cncc5Cl)c5ccncc5c4n3)cc2F)CC1. The number of likely N-dealkylation sites (N-methyl/N-ethyl adjacent to an activating group) is 1. The molecule has 37 heavy (non-hydrogen) atoms. The molecule has 4 aromatic heterocycles. The van der Waals surface area contributed by atoms with Crippen LogP contribution in [0.25, 0.3) is 33.1 Å². The summed E-state index contributed by atoms with van der Waals surface area (Å²) in [6.07, 6.45) is 8.05. The summed E-state index contributed by atoms with van der Waals surface area (Å²) in [5, 5.41) is 5.43. The molecular formula is C26H21Cl2FN8. The second kappa shape index (κ2) is 9.66. The molecule has 0 amide bonds. The lowest BCUT2D eigenvalue weighted by Gasteiger charge is -2.34. The molecular weight excluding hydrogens is 514 g/mol. The second-order valence-corrected chi connectivity index (χ2v) is 9.68. The van der Waals surface area contributed by atoms with Crippen LogP contribution in [0.2, 0.25) is 10.0 Å². The van der Waals surface area contributed by atoms with E-state index in [0.717, 1.165) is 37.0 Å². The average Bonchev–Trinajstić information content (AvgIpc) is 2.90. The first kappa shape index (κ1) is 23.7. The number of nitrogens with one attached hydrogen (secondary N) is 1. The summed E-state index contributed by atoms with van der Waals surface area (Å²) >= 11 is 12.9. The van der Waals surface area contributed by atoms with Crippen molar-refractivity contribution >= 4 is 62.3 Å². The highest BCUT2D eigenvalue weighted by Gasteiger charge is 2.19. The Morgan fingerprint density at radius 3 is 2.43 bits per heavy atom. The number of rotatable bonds is 4. The molecule has 186 valence electrons. The van der Waals surface area contributed by atoms with Crippen molar-refractivity contribution in [1.82, 2.24) is 29.8 Å². The van der Waals surface area contributed by atoms with E-state index < -0.39 is 0 Å². The second-order valence-electron chi connectivity index (χ2n) is 8.87. The smallest absolute Gasteiger partial charge is 0.227 e. The third kappa shape index (κ3) is 4.50. The minimum Gasteiger partial charge on any atom is -0.367 e. The Balaban J connectivity index is 1.37. The lowest BCUT2D eigenvalue weighted by atomic mass is 10.0. The summed E-state index contributed by atoms with van der Waals surface area (Å²) in [6, 6.07) is 6.93. The fourth-order valence-electron chi connectivity index (χ4n) is 4.53. The van der Waals surface area contributed by atoms with Crippen molar-refractivity contribution in [2.75, 3.05) is 43.4 Å². The van der Waals surface area contributed by atoms with Crippen molar-refractivity contribution in [3.05, 3.63) is 71.1 Å². The fourth-order valence-corrected chi connectivity index (χ4v) is 5.08. The quantitative estimate of drug-likeness (QED) is 0.299. The number of aromatic nitrogens is 5. The van der Waals surface area contributed by atoms with Gasteiger partial charge >= 0.3 is 0 Å². The van der Waals surface area contributed by atoms with Gasteiger partial charge in [-0.1, -0.05) is 23.2 Å². The van der Waals surface area contributed by atoms with E-state index >= 15 is 0 Å². The molecule has 1 aliphatic heterocycles. The van der Waals surface area contributed by atoms with Gasteiger partial charge in [-0.05, 0) is 31.3 Å². The average molecular weight is 535 g/mol. The van der Waals surface area contributed by atoms with Gasteiger partial charge in [0.05, 0.1) is 27.6 Å². The first-order valence-corrected chi connectivity index (χ1v) is 12.4. The number of benzene rings is 1. The van der Waals surface area contributed by atoms with Crippen LogP contribution >= 0.6 is 23.2 Å². The number of anilines is 3. The van der Waals surface area contributed by atoms with Crippen LogP contribution in [0.15, 0.2) is 55.2 Å². The first-order chi connectivity index (χ1) is 18.0. The third-order valence-corrected chi connectivity index (χ3v) is 7.04. The lowest BCUT2D eigenvalue weighted by molar-refractivity contribution is 0.311. The molecule has 1 N–H and O–H groups in total. The van der Waals surface area contributed by atoms with Gasteiger partial charge in [0.1, 0.15) is 16.9 Å². The zero-order chi connectivity index (χ0) is 25.5. The van der Waals surface area contributed by atoms with Crippen LogP contribution in [-0.2, 0) is 0 Å². The standard InChI is InChI=1S/C26H21Cl2FN8/c1-36-6-8-37(9-7-36)22-3-2-15(10-20(22)29)33-26-32-14-21-24(35-26)17-11-30-5-4-16(17)25(34-21)23-18(27)12-31-13-19(23)28/h2-5,10-14H,6-9H2,1H3,(H,32,33,35). The van der Waals surface area contributed by atoms with E-state index in [1.54, 1.807) is 24.7 Å². The highest BCUT2D eigenvalue weighted by Crippen LogP contribution is 2.38. The van der Waals surface area contributed by atoms with Crippen LogP contribution in [0.4, 0.5) is 21.7 Å². The van der Waals surface area contributed by atoms with E-state index in [4.69, 9.17) is 28.2 Å². The summed E-state index contributed by atoms with van der Waals surface area (Å²) in [4.78, 5) is 26.5. The number of nitrogens with zero attached hydrogens (tertiary/aromatic N) is 7. The van der Waals surface area contributed by atoms with E-state index in [-0.39, 0.29) is 5.82 Å². The van der Waals surface area contributed by atoms with Gasteiger partial charge in [0.15, 0.2) is 0 Å². The molecule has 0 aliphatic carbocycles. The van der Waals surface area contributed by atoms with E-state index in [1.807, 2.05) is 12.1 Å². The molecule has 0 radical (unpaired) electrons. The van der Waals surface area contributed by atoms with Crippen molar-refractivity contribution in [3.8, 4) is 11.3 Å². The molecule has 5 aromatic rings. The summed E-state index contributed by atoms with van der Waals surface area (Å²) in [7, 11) is 2.07. The zero-order valence-corrected chi connectivity index (χ0v) is 21.3. The molecule has 1 aliphatic rings. The minimum atomic E-state index is -0.289. The normalized spacial score (nSPS) is 14.4. The van der Waals surface area contributed by atoms with Gasteiger partial charge < -0.3 is 15.1 Å². The largest absolute Gasteiger partial charge is 0.367 e. The van der Waals surface area contributed by atoms with E-state index in [9.17, 15) is 4.39 Å². The Labute approximate surface area is 222 Å². The van der Waals surface area contributed by atoms with Gasteiger partial charge in [0, 0.05) is 73.0 Å². The van der Waals surface area contributed by atoms with E-state index in [1.165, 1.54) is 18.5 Å². The first-order valence-electron chi connectivity index (χ1n) is 11.7. The molecule has 0 spiro atoms. The number of hydrogen-bond acceptors (Lipinski definition) is 8. The van der Waals surface area contributed by atoms with Gasteiger partial charge in [0.2, 0.25) is 5.95 Å². The predicted octanol–water partition coefficient (Wildman–Crippen LogP) is 5.58. The minimum absolute atomic E-state index is 0.289. The lowest BCUT2D eigenvalue weighted by Crippen LogP contribution is -2.44. The molecule has 0 unspecified atom stereocenters. The fraction of sp³-hybridized carbons (Fsp3) is 0.192. The van der Waals surface area contributed by atoms with Gasteiger partial charge in [-0.2, -0.15) is 0 Å². The van der Waals surface area contributed by atoms with Crippen LogP contribution in [0, 0.1) is 5.82 Å². The van der Waals surface area contributed by atoms with Gasteiger partial charge in [-0.15, -0.1) is 0 Å². The van der Waals surface area contributed by atoms with Crippen LogP contribution in [0.1, 0.15) is 0 Å². The molecule has 6 rings (SSSR count). The molecule has 11 heteroatoms. The number of halogens is 3. The van der Waals surface area contributed by atoms with Crippen molar-refractivity contribution in [3.63, 3.8) is 0 Å². The summed E-state index contributed by atoms with van der Waals surface area (Å²) in [5.41, 5.74) is 3.46. The van der Waals surface area contributed by atoms with E-state index in [2.05, 4.69) is 42.1 Å². The topological polar surface area (TPSA) is 83.0 Å². The highest BCUT2D eigenvalue weighted by molar-refractivity contribution is 6.39. The molecule has 0 atom stereocenters. The highest BCUT2D eigenvalue weighted by atomic mass is 35.5. The van der Waals surface area contributed by atoms with Crippen molar-refractivity contribution in [1.29, 1.82) is 0 Å². The van der Waals surface area contributed by atoms with Crippen LogP contribution < -0.4 is 10.2 Å². The van der Waals surface area contributed by atoms with E-state index in [0.29, 0.717) is 49.7 Å². The van der Waals surface area contributed by atoms with Crippen molar-refractivity contribution < 1.29 is 4.39 Å². The Morgan fingerprint density at radius 1 is 0.892 bits per heavy atom. The van der Waals surface area contributed by atoms with Crippen LogP contribution in [0.3, 0.4) is 0 Å². The number of pyridine rings is 3. The Morgan fingerprint density at radius 2 is 1.68 bits per heavy atom. The number of piperazine rings is 1. The number of fused-ring (bicyclic) bond motifs is 3. The van der Waals surface area contributed by atoms with Crippen LogP contribution in [0.5, 0.6) is 0 Å². The number of hydrogen-bond donors (Lipinski definition) is 1. The maximum atomic E-state index is 15.0. The zero-order valence-electron chi connectivity index (χ0n) is 19.8. The van der Waals surface area contributed by atoms with Crippen molar-refractivity contribution in [2.24, 2.45) is 0 Å². The maximum absolute atomic E-state index is 15.0. The Hall–Kier alpha value is -3.66. The summed E-state index contributed by atoms with van der Waals surface area (Å²) in [5.74, 6) is 0.0290.